The lowest BCUT2D eigenvalue weighted by molar-refractivity contribution is -0.147. The van der Waals surface area contributed by atoms with Gasteiger partial charge in [0.25, 0.3) is 11.8 Å². The molecule has 0 heterocycles. The second kappa shape index (κ2) is 11.4. The lowest BCUT2D eigenvalue weighted by atomic mass is 10.1. The number of ether oxygens (including phenoxy) is 1. The molecule has 0 aliphatic heterocycles. The van der Waals surface area contributed by atoms with Crippen molar-refractivity contribution in [1.29, 1.82) is 0 Å². The van der Waals surface area contributed by atoms with Crippen LogP contribution in [0, 0.1) is 0 Å². The van der Waals surface area contributed by atoms with Crippen LogP contribution in [0.25, 0.3) is 0 Å². The predicted octanol–water partition coefficient (Wildman–Crippen LogP) is 2.19. The van der Waals surface area contributed by atoms with Gasteiger partial charge in [0.2, 0.25) is 5.91 Å². The fourth-order valence-corrected chi connectivity index (χ4v) is 2.63. The molecule has 0 aromatic heterocycles. The lowest BCUT2D eigenvalue weighted by Crippen LogP contribution is -2.29. The summed E-state index contributed by atoms with van der Waals surface area (Å²) in [6.45, 7) is 2.86. The van der Waals surface area contributed by atoms with Gasteiger partial charge in [-0.25, -0.2) is 0 Å². The molecule has 0 spiro atoms. The van der Waals surface area contributed by atoms with Crippen LogP contribution >= 0.6 is 0 Å². The minimum absolute atomic E-state index is 0.0385. The first-order chi connectivity index (χ1) is 14.4. The summed E-state index contributed by atoms with van der Waals surface area (Å²) in [4.78, 5) is 47.2. The first kappa shape index (κ1) is 22.6. The molecule has 0 fully saturated rings. The summed E-state index contributed by atoms with van der Waals surface area (Å²) < 4.78 is 4.88. The molecular weight excluding hydrogens is 386 g/mol. The Labute approximate surface area is 175 Å². The zero-order valence-electron chi connectivity index (χ0n) is 16.9. The topological polar surface area (TPSA) is 114 Å². The lowest BCUT2D eigenvalue weighted by Gasteiger charge is -2.16. The number of benzene rings is 2. The van der Waals surface area contributed by atoms with Crippen LogP contribution in [0.1, 0.15) is 42.2 Å². The normalized spacial score (nSPS) is 11.1. The summed E-state index contributed by atoms with van der Waals surface area (Å²) in [6, 6.07) is 15.9. The van der Waals surface area contributed by atoms with Gasteiger partial charge in [0.1, 0.15) is 0 Å². The number of hydrogen-bond donors (Lipinski definition) is 3. The summed E-state index contributed by atoms with van der Waals surface area (Å²) in [7, 11) is 0. The molecule has 0 saturated heterocycles. The van der Waals surface area contributed by atoms with Gasteiger partial charge in [0.15, 0.2) is 6.61 Å². The third-order valence-electron chi connectivity index (χ3n) is 4.16. The Morgan fingerprint density at radius 3 is 2.33 bits per heavy atom. The molecule has 0 unspecified atom stereocenters. The fraction of sp³-hybridized carbons (Fsp3) is 0.273. The molecule has 0 aliphatic carbocycles. The molecule has 2 aromatic rings. The summed E-state index contributed by atoms with van der Waals surface area (Å²) in [5, 5.41) is 7.95. The summed E-state index contributed by atoms with van der Waals surface area (Å²) in [5.41, 5.74) is 1.57. The molecule has 1 atom stereocenters. The molecule has 8 heteroatoms. The second-order valence-electron chi connectivity index (χ2n) is 6.59. The van der Waals surface area contributed by atoms with Crippen molar-refractivity contribution in [2.75, 3.05) is 18.5 Å². The van der Waals surface area contributed by atoms with E-state index in [-0.39, 0.29) is 30.8 Å². The van der Waals surface area contributed by atoms with Crippen molar-refractivity contribution in [2.24, 2.45) is 0 Å². The highest BCUT2D eigenvalue weighted by Gasteiger charge is 2.16. The molecule has 0 radical (unpaired) electrons. The number of anilines is 1. The van der Waals surface area contributed by atoms with Crippen molar-refractivity contribution in [2.45, 2.75) is 26.3 Å². The Kier molecular flexibility index (Phi) is 8.56. The monoisotopic (exact) mass is 411 g/mol. The van der Waals surface area contributed by atoms with Gasteiger partial charge in [-0.2, -0.15) is 0 Å². The first-order valence-corrected chi connectivity index (χ1v) is 9.51. The zero-order valence-corrected chi connectivity index (χ0v) is 16.9. The van der Waals surface area contributed by atoms with Gasteiger partial charge in [0.05, 0.1) is 23.7 Å². The minimum atomic E-state index is -0.610. The van der Waals surface area contributed by atoms with Crippen LogP contribution in [-0.2, 0) is 19.1 Å². The van der Waals surface area contributed by atoms with E-state index in [9.17, 15) is 19.2 Å². The van der Waals surface area contributed by atoms with E-state index in [4.69, 9.17) is 4.74 Å². The number of carbonyl (C=O) groups is 4. The van der Waals surface area contributed by atoms with Gasteiger partial charge in [0, 0.05) is 13.5 Å². The van der Waals surface area contributed by atoms with Crippen LogP contribution in [0.4, 0.5) is 5.69 Å². The Hall–Kier alpha value is -3.68. The van der Waals surface area contributed by atoms with Crippen molar-refractivity contribution >= 4 is 29.4 Å². The molecule has 158 valence electrons. The van der Waals surface area contributed by atoms with E-state index in [0.717, 1.165) is 5.56 Å². The Morgan fingerprint density at radius 1 is 0.967 bits per heavy atom. The number of nitrogens with one attached hydrogen (secondary N) is 3. The first-order valence-electron chi connectivity index (χ1n) is 9.51. The van der Waals surface area contributed by atoms with E-state index in [2.05, 4.69) is 16.0 Å². The summed E-state index contributed by atoms with van der Waals surface area (Å²) in [5.74, 6) is -1.77. The SMILES string of the molecule is CC(=O)NCCC(=O)OCC(=O)Nc1ccccc1C(=O)N[C@@H](C)c1ccccc1. The second-order valence-corrected chi connectivity index (χ2v) is 6.59. The Balaban J connectivity index is 1.91. The fourth-order valence-electron chi connectivity index (χ4n) is 2.63. The van der Waals surface area contributed by atoms with E-state index in [1.165, 1.54) is 6.92 Å². The number of carbonyl (C=O) groups excluding carboxylic acids is 4. The van der Waals surface area contributed by atoms with Crippen molar-refractivity contribution in [3.8, 4) is 0 Å². The largest absolute Gasteiger partial charge is 0.456 e. The molecule has 8 nitrogen and oxygen atoms in total. The maximum absolute atomic E-state index is 12.7. The maximum atomic E-state index is 12.7. The number of rotatable bonds is 9. The van der Waals surface area contributed by atoms with Crippen LogP contribution in [0.15, 0.2) is 54.6 Å². The molecule has 2 rings (SSSR count). The van der Waals surface area contributed by atoms with Crippen LogP contribution in [0.5, 0.6) is 0 Å². The molecule has 3 N–H and O–H groups in total. The van der Waals surface area contributed by atoms with Crippen molar-refractivity contribution in [3.05, 3.63) is 65.7 Å². The number of hydrogen-bond acceptors (Lipinski definition) is 5. The number of para-hydroxylation sites is 1. The van der Waals surface area contributed by atoms with Crippen molar-refractivity contribution in [1.82, 2.24) is 10.6 Å². The minimum Gasteiger partial charge on any atom is -0.456 e. The van der Waals surface area contributed by atoms with Gasteiger partial charge in [-0.1, -0.05) is 42.5 Å². The van der Waals surface area contributed by atoms with Crippen LogP contribution in [-0.4, -0.2) is 36.8 Å². The summed E-state index contributed by atoms with van der Waals surface area (Å²) >= 11 is 0. The van der Waals surface area contributed by atoms with Crippen molar-refractivity contribution in [3.63, 3.8) is 0 Å². The summed E-state index contributed by atoms with van der Waals surface area (Å²) in [6.07, 6.45) is -0.0385. The van der Waals surface area contributed by atoms with E-state index < -0.39 is 18.5 Å². The molecule has 3 amide bonds. The quantitative estimate of drug-likeness (QED) is 0.548. The Morgan fingerprint density at radius 2 is 1.63 bits per heavy atom. The smallest absolute Gasteiger partial charge is 0.308 e. The highest BCUT2D eigenvalue weighted by molar-refractivity contribution is 6.04. The Bertz CT molecular complexity index is 899. The van der Waals surface area contributed by atoms with Crippen LogP contribution < -0.4 is 16.0 Å². The van der Waals surface area contributed by atoms with Crippen LogP contribution in [0.3, 0.4) is 0 Å². The number of amides is 3. The van der Waals surface area contributed by atoms with E-state index in [1.807, 2.05) is 37.3 Å². The van der Waals surface area contributed by atoms with Gasteiger partial charge in [-0.05, 0) is 24.6 Å². The third kappa shape index (κ3) is 7.38. The van der Waals surface area contributed by atoms with Crippen molar-refractivity contribution < 1.29 is 23.9 Å². The average molecular weight is 411 g/mol. The van der Waals surface area contributed by atoms with Crippen LogP contribution in [0.2, 0.25) is 0 Å². The van der Waals surface area contributed by atoms with E-state index in [1.54, 1.807) is 24.3 Å². The van der Waals surface area contributed by atoms with E-state index >= 15 is 0 Å². The predicted molar refractivity (Wildman–Crippen MR) is 112 cm³/mol. The van der Waals surface area contributed by atoms with Gasteiger partial charge >= 0.3 is 5.97 Å². The van der Waals surface area contributed by atoms with Gasteiger partial charge < -0.3 is 20.7 Å². The number of esters is 1. The molecule has 0 saturated carbocycles. The molecule has 0 aliphatic rings. The molecule has 0 bridgehead atoms. The zero-order chi connectivity index (χ0) is 21.9. The molecule has 2 aromatic carbocycles. The van der Waals surface area contributed by atoms with E-state index in [0.29, 0.717) is 11.3 Å². The standard InChI is InChI=1S/C22H25N3O5/c1-15(17-8-4-3-5-9-17)24-22(29)18-10-6-7-11-19(18)25-20(27)14-30-21(28)12-13-23-16(2)26/h3-11,15H,12-14H2,1-2H3,(H,23,26)(H,24,29)(H,25,27)/t15-/m0/s1. The van der Waals surface area contributed by atoms with Gasteiger partial charge in [-0.3, -0.25) is 19.2 Å². The average Bonchev–Trinajstić information content (AvgIpc) is 2.73. The molecular formula is C22H25N3O5. The maximum Gasteiger partial charge on any atom is 0.308 e. The highest BCUT2D eigenvalue weighted by Crippen LogP contribution is 2.18. The third-order valence-corrected chi connectivity index (χ3v) is 4.16. The molecule has 30 heavy (non-hydrogen) atoms. The van der Waals surface area contributed by atoms with Gasteiger partial charge in [-0.15, -0.1) is 0 Å². The highest BCUT2D eigenvalue weighted by atomic mass is 16.5.